The molecule has 0 N–H and O–H groups in total. The SMILES string of the molecule is [2H]c1[c-]cccc1OC(F)F.[Cl-].[Mg+2]. The molecule has 1 aromatic carbocycles. The molecule has 0 aromatic heterocycles. The Bertz CT molecular complexity index is 250. The van der Waals surface area contributed by atoms with Crippen LogP contribution in [0.5, 0.6) is 5.75 Å². The third-order valence-electron chi connectivity index (χ3n) is 0.839. The van der Waals surface area contributed by atoms with Gasteiger partial charge in [-0.25, -0.2) is 0 Å². The first-order valence-corrected chi connectivity index (χ1v) is 2.62. The molecule has 12 heavy (non-hydrogen) atoms. The molecule has 0 saturated heterocycles. The van der Waals surface area contributed by atoms with E-state index in [0.29, 0.717) is 0 Å². The summed E-state index contributed by atoms with van der Waals surface area (Å²) in [6.07, 6.45) is 0. The van der Waals surface area contributed by atoms with Gasteiger partial charge >= 0.3 is 29.7 Å². The van der Waals surface area contributed by atoms with Crippen molar-refractivity contribution in [2.75, 3.05) is 0 Å². The number of rotatable bonds is 2. The molecule has 0 unspecified atom stereocenters. The van der Waals surface area contributed by atoms with Gasteiger partial charge in [0.05, 0.1) is 0 Å². The van der Waals surface area contributed by atoms with Crippen molar-refractivity contribution in [2.45, 2.75) is 6.61 Å². The molecule has 0 aliphatic rings. The van der Waals surface area contributed by atoms with Crippen LogP contribution >= 0.6 is 0 Å². The van der Waals surface area contributed by atoms with Crippen molar-refractivity contribution in [2.24, 2.45) is 0 Å². The van der Waals surface area contributed by atoms with Gasteiger partial charge in [-0.15, -0.1) is 12.1 Å². The summed E-state index contributed by atoms with van der Waals surface area (Å²) in [5.74, 6) is -0.150. The monoisotopic (exact) mass is 203 g/mol. The van der Waals surface area contributed by atoms with Crippen molar-refractivity contribution >= 4 is 23.1 Å². The summed E-state index contributed by atoms with van der Waals surface area (Å²) in [5.41, 5.74) is 0. The number of benzene rings is 1. The Morgan fingerprint density at radius 3 is 2.75 bits per heavy atom. The molecule has 0 fully saturated rings. The van der Waals surface area contributed by atoms with Crippen LogP contribution in [-0.2, 0) is 0 Å². The number of halogens is 3. The van der Waals surface area contributed by atoms with E-state index in [1.807, 2.05) is 0 Å². The minimum absolute atomic E-state index is 0. The Hall–Kier alpha value is -0.0638. The van der Waals surface area contributed by atoms with Crippen LogP contribution in [0.25, 0.3) is 0 Å². The zero-order valence-electron chi connectivity index (χ0n) is 7.06. The van der Waals surface area contributed by atoms with Gasteiger partial charge in [-0.05, 0) is 0 Å². The summed E-state index contributed by atoms with van der Waals surface area (Å²) in [4.78, 5) is 0. The topological polar surface area (TPSA) is 9.23 Å². The third kappa shape index (κ3) is 5.57. The average molecular weight is 204 g/mol. The molecule has 0 spiro atoms. The van der Waals surface area contributed by atoms with Gasteiger partial charge in [0, 0.05) is 7.12 Å². The van der Waals surface area contributed by atoms with E-state index >= 15 is 0 Å². The predicted molar refractivity (Wildman–Crippen MR) is 37.7 cm³/mol. The van der Waals surface area contributed by atoms with Gasteiger partial charge in [-0.1, -0.05) is 0 Å². The van der Waals surface area contributed by atoms with Crippen LogP contribution < -0.4 is 17.1 Å². The van der Waals surface area contributed by atoms with Crippen LogP contribution in [-0.4, -0.2) is 29.7 Å². The van der Waals surface area contributed by atoms with E-state index in [-0.39, 0.29) is 47.3 Å². The number of ether oxygens (including phenoxy) is 1. The van der Waals surface area contributed by atoms with Gasteiger partial charge in [-0.2, -0.15) is 27.0 Å². The minimum atomic E-state index is -2.88. The fraction of sp³-hybridized carbons (Fsp3) is 0.143. The summed E-state index contributed by atoms with van der Waals surface area (Å²) >= 11 is 0. The third-order valence-corrected chi connectivity index (χ3v) is 0.839. The maximum atomic E-state index is 11.6. The quantitative estimate of drug-likeness (QED) is 0.430. The Kier molecular flexibility index (Phi) is 7.54. The van der Waals surface area contributed by atoms with Crippen LogP contribution in [0.3, 0.4) is 0 Å². The second-order valence-electron chi connectivity index (χ2n) is 1.54. The molecular weight excluding hydrogens is 198 g/mol. The van der Waals surface area contributed by atoms with Crippen molar-refractivity contribution in [1.29, 1.82) is 0 Å². The molecule has 1 aromatic rings. The fourth-order valence-corrected chi connectivity index (χ4v) is 0.503. The van der Waals surface area contributed by atoms with Gasteiger partial charge in [0.1, 0.15) is 0 Å². The molecule has 0 radical (unpaired) electrons. The standard InChI is InChI=1S/C7H5F2O.ClH.Mg/c8-7(9)10-6-4-2-1-3-5-6;;/h1-2,4-5,7H;1H;/q-1;;+2/p-1/i5D;;. The largest absolute Gasteiger partial charge is 2.00 e. The minimum Gasteiger partial charge on any atom is -1.00 e. The molecule has 0 amide bonds. The number of hydrogen-bond donors (Lipinski definition) is 0. The number of alkyl halides is 2. The average Bonchev–Trinajstić information content (AvgIpc) is 1.93. The first-order chi connectivity index (χ1) is 5.20. The maximum Gasteiger partial charge on any atom is 2.00 e. The van der Waals surface area contributed by atoms with Crippen molar-refractivity contribution in [1.82, 2.24) is 0 Å². The Balaban J connectivity index is 0. The molecule has 0 bridgehead atoms. The second-order valence-corrected chi connectivity index (χ2v) is 1.54. The van der Waals surface area contributed by atoms with Gasteiger partial charge in [0.2, 0.25) is 0 Å². The Labute approximate surface area is 93.1 Å². The van der Waals surface area contributed by atoms with Crippen molar-refractivity contribution in [3.63, 3.8) is 0 Å². The molecule has 0 heterocycles. The Morgan fingerprint density at radius 2 is 2.25 bits per heavy atom. The summed E-state index contributed by atoms with van der Waals surface area (Å²) in [6.45, 7) is -2.88. The molecule has 1 nitrogen and oxygen atoms in total. The van der Waals surface area contributed by atoms with Gasteiger partial charge < -0.3 is 17.1 Å². The predicted octanol–water partition coefficient (Wildman–Crippen LogP) is -1.29. The van der Waals surface area contributed by atoms with E-state index in [9.17, 15) is 8.78 Å². The van der Waals surface area contributed by atoms with Crippen LogP contribution in [0.2, 0.25) is 0 Å². The molecule has 0 saturated carbocycles. The molecule has 0 aliphatic heterocycles. The van der Waals surface area contributed by atoms with E-state index in [4.69, 9.17) is 1.37 Å². The van der Waals surface area contributed by atoms with E-state index in [0.717, 1.165) is 0 Å². The zero-order valence-corrected chi connectivity index (χ0v) is 8.23. The van der Waals surface area contributed by atoms with Gasteiger partial charge in [0.25, 0.3) is 0 Å². The van der Waals surface area contributed by atoms with Crippen LogP contribution in [0, 0.1) is 6.07 Å². The van der Waals surface area contributed by atoms with Crippen molar-refractivity contribution in [3.8, 4) is 5.75 Å². The second kappa shape index (κ2) is 7.58. The smallest absolute Gasteiger partial charge is 1.00 e. The van der Waals surface area contributed by atoms with Crippen LogP contribution in [0.15, 0.2) is 24.2 Å². The molecule has 62 valence electrons. The zero-order chi connectivity index (χ0) is 8.27. The maximum absolute atomic E-state index is 11.6. The van der Waals surface area contributed by atoms with Crippen molar-refractivity contribution < 1.29 is 27.3 Å². The molecule has 1 rings (SSSR count). The Morgan fingerprint density at radius 1 is 1.58 bits per heavy atom. The van der Waals surface area contributed by atoms with E-state index in [1.54, 1.807) is 0 Å². The molecule has 5 heteroatoms. The first-order valence-electron chi connectivity index (χ1n) is 3.12. The summed E-state index contributed by atoms with van der Waals surface area (Å²) in [7, 11) is 0. The first kappa shape index (κ1) is 11.9. The number of hydrogen-bond acceptors (Lipinski definition) is 1. The summed E-state index contributed by atoms with van der Waals surface area (Å²) in [6, 6.07) is 6.49. The van der Waals surface area contributed by atoms with E-state index in [1.165, 1.54) is 18.2 Å². The van der Waals surface area contributed by atoms with Crippen LogP contribution in [0.1, 0.15) is 1.37 Å². The summed E-state index contributed by atoms with van der Waals surface area (Å²) < 4.78 is 34.2. The normalized spacial score (nSPS) is 9.42. The van der Waals surface area contributed by atoms with Crippen molar-refractivity contribution in [3.05, 3.63) is 30.3 Å². The van der Waals surface area contributed by atoms with E-state index in [2.05, 4.69) is 10.8 Å². The molecule has 0 aliphatic carbocycles. The van der Waals surface area contributed by atoms with Gasteiger partial charge in [0.15, 0.2) is 0 Å². The summed E-state index contributed by atoms with van der Waals surface area (Å²) in [5, 5.41) is 0. The van der Waals surface area contributed by atoms with Gasteiger partial charge in [-0.3, -0.25) is 0 Å². The fourth-order valence-electron chi connectivity index (χ4n) is 0.503. The molecule has 0 atom stereocenters. The van der Waals surface area contributed by atoms with Crippen LogP contribution in [0.4, 0.5) is 8.78 Å². The van der Waals surface area contributed by atoms with E-state index < -0.39 is 6.61 Å². The molecular formula is C7H5ClF2MgO.